The zero-order valence-electron chi connectivity index (χ0n) is 16.6. The highest BCUT2D eigenvalue weighted by molar-refractivity contribution is 5.96. The molecule has 5 nitrogen and oxygen atoms in total. The Morgan fingerprint density at radius 2 is 1.75 bits per heavy atom. The number of amides is 1. The third-order valence-corrected chi connectivity index (χ3v) is 5.29. The fourth-order valence-corrected chi connectivity index (χ4v) is 3.73. The fourth-order valence-electron chi connectivity index (χ4n) is 3.73. The van der Waals surface area contributed by atoms with Gasteiger partial charge >= 0.3 is 0 Å². The van der Waals surface area contributed by atoms with Crippen molar-refractivity contribution in [1.82, 2.24) is 4.90 Å². The second-order valence-corrected chi connectivity index (χ2v) is 7.29. The lowest BCUT2D eigenvalue weighted by molar-refractivity contribution is -0.117. The Bertz CT molecular complexity index is 800. The molecule has 0 spiro atoms. The third-order valence-electron chi connectivity index (χ3n) is 5.29. The van der Waals surface area contributed by atoms with Crippen LogP contribution in [0.15, 0.2) is 48.5 Å². The molecule has 1 saturated heterocycles. The number of carbonyl (C=O) groups excluding carboxylic acids is 2. The van der Waals surface area contributed by atoms with Gasteiger partial charge in [-0.1, -0.05) is 25.0 Å². The van der Waals surface area contributed by atoms with Gasteiger partial charge in [0.25, 0.3) is 0 Å². The highest BCUT2D eigenvalue weighted by atomic mass is 16.5. The van der Waals surface area contributed by atoms with Crippen molar-refractivity contribution in [3.8, 4) is 5.75 Å². The topological polar surface area (TPSA) is 58.6 Å². The van der Waals surface area contributed by atoms with Gasteiger partial charge in [-0.3, -0.25) is 14.5 Å². The molecule has 1 unspecified atom stereocenters. The molecule has 28 heavy (non-hydrogen) atoms. The molecule has 0 saturated carbocycles. The van der Waals surface area contributed by atoms with E-state index in [0.29, 0.717) is 17.8 Å². The smallest absolute Gasteiger partial charge is 0.238 e. The molecule has 1 atom stereocenters. The van der Waals surface area contributed by atoms with E-state index in [1.54, 1.807) is 31.4 Å². The predicted octanol–water partition coefficient (Wildman–Crippen LogP) is 4.45. The van der Waals surface area contributed by atoms with Crippen molar-refractivity contribution in [1.29, 1.82) is 0 Å². The van der Waals surface area contributed by atoms with E-state index < -0.39 is 0 Å². The molecule has 3 rings (SSSR count). The second-order valence-electron chi connectivity index (χ2n) is 7.29. The summed E-state index contributed by atoms with van der Waals surface area (Å²) >= 11 is 0. The molecule has 0 aliphatic carbocycles. The molecule has 1 heterocycles. The summed E-state index contributed by atoms with van der Waals surface area (Å²) in [5, 5.41) is 2.95. The van der Waals surface area contributed by atoms with E-state index in [1.165, 1.54) is 25.3 Å². The first kappa shape index (κ1) is 20.1. The number of carbonyl (C=O) groups is 2. The quantitative estimate of drug-likeness (QED) is 0.752. The fraction of sp³-hybridized carbons (Fsp3) is 0.391. The molecule has 148 valence electrons. The number of methoxy groups -OCH3 is 1. The van der Waals surface area contributed by atoms with Crippen LogP contribution in [-0.4, -0.2) is 36.8 Å². The first-order valence-corrected chi connectivity index (χ1v) is 9.85. The number of hydrogen-bond acceptors (Lipinski definition) is 4. The Kier molecular flexibility index (Phi) is 6.82. The Morgan fingerprint density at radius 3 is 2.39 bits per heavy atom. The molecule has 2 aromatic carbocycles. The lowest BCUT2D eigenvalue weighted by Crippen LogP contribution is -2.36. The summed E-state index contributed by atoms with van der Waals surface area (Å²) in [4.78, 5) is 26.3. The Hall–Kier alpha value is -2.66. The van der Waals surface area contributed by atoms with Crippen LogP contribution in [0.2, 0.25) is 0 Å². The number of Topliss-reactive ketones (excluding diaryl/α,β-unsaturated/α-hetero) is 1. The van der Waals surface area contributed by atoms with E-state index in [0.717, 1.165) is 25.1 Å². The van der Waals surface area contributed by atoms with Crippen molar-refractivity contribution in [2.45, 2.75) is 38.6 Å². The summed E-state index contributed by atoms with van der Waals surface area (Å²) in [6.07, 6.45) is 4.51. The highest BCUT2D eigenvalue weighted by Crippen LogP contribution is 2.31. The standard InChI is InChI=1S/C23H28N2O3/c1-17(26)18-7-11-20(12-8-18)24-23(27)16-25-15-5-3-4-6-22(25)19-9-13-21(28-2)14-10-19/h7-14,22H,3-6,15-16H2,1-2H3,(H,24,27). The van der Waals surface area contributed by atoms with Crippen molar-refractivity contribution >= 4 is 17.4 Å². The number of ketones is 1. The SMILES string of the molecule is COc1ccc(C2CCCCCN2CC(=O)Nc2ccc(C(C)=O)cc2)cc1. The predicted molar refractivity (Wildman–Crippen MR) is 111 cm³/mol. The molecular formula is C23H28N2O3. The van der Waals surface area contributed by atoms with E-state index in [9.17, 15) is 9.59 Å². The zero-order chi connectivity index (χ0) is 19.9. The van der Waals surface area contributed by atoms with Crippen LogP contribution in [0, 0.1) is 0 Å². The number of nitrogens with zero attached hydrogens (tertiary/aromatic N) is 1. The van der Waals surface area contributed by atoms with Crippen LogP contribution in [-0.2, 0) is 4.79 Å². The number of anilines is 1. The maximum atomic E-state index is 12.6. The van der Waals surface area contributed by atoms with E-state index >= 15 is 0 Å². The number of rotatable bonds is 6. The molecule has 0 radical (unpaired) electrons. The van der Waals surface area contributed by atoms with Gasteiger partial charge in [-0.15, -0.1) is 0 Å². The maximum Gasteiger partial charge on any atom is 0.238 e. The molecule has 2 aromatic rings. The van der Waals surface area contributed by atoms with Crippen molar-refractivity contribution in [2.75, 3.05) is 25.5 Å². The van der Waals surface area contributed by atoms with E-state index in [-0.39, 0.29) is 17.7 Å². The van der Waals surface area contributed by atoms with Gasteiger partial charge in [0.2, 0.25) is 5.91 Å². The average Bonchev–Trinajstić information content (AvgIpc) is 2.94. The van der Waals surface area contributed by atoms with Gasteiger partial charge in [-0.25, -0.2) is 0 Å². The largest absolute Gasteiger partial charge is 0.497 e. The van der Waals surface area contributed by atoms with Crippen LogP contribution in [0.25, 0.3) is 0 Å². The summed E-state index contributed by atoms with van der Waals surface area (Å²) in [6.45, 7) is 2.80. The maximum absolute atomic E-state index is 12.6. The van der Waals surface area contributed by atoms with Gasteiger partial charge in [-0.05, 0) is 68.3 Å². The van der Waals surface area contributed by atoms with Crippen LogP contribution in [0.5, 0.6) is 5.75 Å². The molecule has 1 aliphatic heterocycles. The zero-order valence-corrected chi connectivity index (χ0v) is 16.6. The monoisotopic (exact) mass is 380 g/mol. The minimum absolute atomic E-state index is 0.0183. The molecule has 1 aliphatic rings. The summed E-state index contributed by atoms with van der Waals surface area (Å²) in [5.41, 5.74) is 2.58. The number of likely N-dealkylation sites (tertiary alicyclic amines) is 1. The van der Waals surface area contributed by atoms with Crippen molar-refractivity contribution < 1.29 is 14.3 Å². The molecule has 1 N–H and O–H groups in total. The van der Waals surface area contributed by atoms with E-state index in [4.69, 9.17) is 4.74 Å². The normalized spacial score (nSPS) is 17.6. The second kappa shape index (κ2) is 9.51. The molecule has 5 heteroatoms. The van der Waals surface area contributed by atoms with Gasteiger partial charge < -0.3 is 10.1 Å². The van der Waals surface area contributed by atoms with Crippen LogP contribution >= 0.6 is 0 Å². The average molecular weight is 380 g/mol. The van der Waals surface area contributed by atoms with E-state index in [2.05, 4.69) is 22.3 Å². The number of hydrogen-bond donors (Lipinski definition) is 1. The summed E-state index contributed by atoms with van der Waals surface area (Å²) < 4.78 is 5.26. The van der Waals surface area contributed by atoms with Crippen molar-refractivity contribution in [2.24, 2.45) is 0 Å². The van der Waals surface area contributed by atoms with Gasteiger partial charge in [0.15, 0.2) is 5.78 Å². The molecule has 1 amide bonds. The summed E-state index contributed by atoms with van der Waals surface area (Å²) in [5.74, 6) is 0.830. The van der Waals surface area contributed by atoms with Gasteiger partial charge in [-0.2, -0.15) is 0 Å². The first-order valence-electron chi connectivity index (χ1n) is 9.85. The minimum Gasteiger partial charge on any atom is -0.497 e. The molecule has 0 aromatic heterocycles. The van der Waals surface area contributed by atoms with Gasteiger partial charge in [0, 0.05) is 17.3 Å². The lowest BCUT2D eigenvalue weighted by atomic mass is 10.0. The van der Waals surface area contributed by atoms with Gasteiger partial charge in [0.05, 0.1) is 13.7 Å². The van der Waals surface area contributed by atoms with Crippen molar-refractivity contribution in [3.63, 3.8) is 0 Å². The third kappa shape index (κ3) is 5.20. The number of ether oxygens (including phenoxy) is 1. The minimum atomic E-state index is -0.0315. The highest BCUT2D eigenvalue weighted by Gasteiger charge is 2.24. The van der Waals surface area contributed by atoms with Crippen molar-refractivity contribution in [3.05, 3.63) is 59.7 Å². The molecule has 1 fully saturated rings. The van der Waals surface area contributed by atoms with Crippen LogP contribution < -0.4 is 10.1 Å². The number of benzene rings is 2. The van der Waals surface area contributed by atoms with Crippen LogP contribution in [0.4, 0.5) is 5.69 Å². The summed E-state index contributed by atoms with van der Waals surface area (Å²) in [7, 11) is 1.67. The molecular weight excluding hydrogens is 352 g/mol. The number of nitrogens with one attached hydrogen (secondary N) is 1. The Balaban J connectivity index is 1.67. The molecule has 0 bridgehead atoms. The summed E-state index contributed by atoms with van der Waals surface area (Å²) in [6, 6.07) is 15.4. The first-order chi connectivity index (χ1) is 13.6. The lowest BCUT2D eigenvalue weighted by Gasteiger charge is -2.29. The van der Waals surface area contributed by atoms with E-state index in [1.807, 2.05) is 12.1 Å². The Labute approximate surface area is 166 Å². The Morgan fingerprint density at radius 1 is 1.04 bits per heavy atom. The van der Waals surface area contributed by atoms with Crippen LogP contribution in [0.1, 0.15) is 54.6 Å². The van der Waals surface area contributed by atoms with Crippen LogP contribution in [0.3, 0.4) is 0 Å². The van der Waals surface area contributed by atoms with Gasteiger partial charge in [0.1, 0.15) is 5.75 Å².